The molecule has 2 aromatic rings. The maximum atomic E-state index is 13.3. The number of aromatic carboxylic acids is 1. The molecule has 0 aliphatic heterocycles. The van der Waals surface area contributed by atoms with Gasteiger partial charge in [0, 0.05) is 17.6 Å². The zero-order valence-corrected chi connectivity index (χ0v) is 10.3. The molecular weight excluding hydrogens is 283 g/mol. The summed E-state index contributed by atoms with van der Waals surface area (Å²) >= 11 is 6.79. The smallest absolute Gasteiger partial charge is 0.338 e. The van der Waals surface area contributed by atoms with E-state index in [1.54, 1.807) is 0 Å². The van der Waals surface area contributed by atoms with Crippen molar-refractivity contribution in [3.05, 3.63) is 39.6 Å². The number of aromatic nitrogens is 2. The maximum Gasteiger partial charge on any atom is 0.338 e. The molecule has 1 N–H and O–H groups in total. The highest BCUT2D eigenvalue weighted by Crippen LogP contribution is 2.21. The summed E-state index contributed by atoms with van der Waals surface area (Å²) in [6.07, 6.45) is 0. The van der Waals surface area contributed by atoms with Gasteiger partial charge >= 0.3 is 5.97 Å². The van der Waals surface area contributed by atoms with Crippen molar-refractivity contribution in [2.24, 2.45) is 0 Å². The van der Waals surface area contributed by atoms with Gasteiger partial charge in [-0.3, -0.25) is 0 Å². The Morgan fingerprint density at radius 2 is 2.33 bits per heavy atom. The molecule has 0 bridgehead atoms. The molecule has 18 heavy (non-hydrogen) atoms. The summed E-state index contributed by atoms with van der Waals surface area (Å²) in [5, 5.41) is 12.4. The number of ether oxygens (including phenoxy) is 1. The van der Waals surface area contributed by atoms with Crippen LogP contribution in [0.3, 0.4) is 0 Å². The van der Waals surface area contributed by atoms with Crippen molar-refractivity contribution in [1.29, 1.82) is 0 Å². The average molecular weight is 289 g/mol. The summed E-state index contributed by atoms with van der Waals surface area (Å²) in [7, 11) is 0. The van der Waals surface area contributed by atoms with Gasteiger partial charge in [0.05, 0.1) is 5.56 Å². The molecule has 5 nitrogen and oxygen atoms in total. The number of hydrogen-bond donors (Lipinski definition) is 1. The third-order valence-corrected chi connectivity index (χ3v) is 3.04. The molecule has 2 rings (SSSR count). The lowest BCUT2D eigenvalue weighted by atomic mass is 10.2. The van der Waals surface area contributed by atoms with Crippen molar-refractivity contribution < 1.29 is 19.0 Å². The quantitative estimate of drug-likeness (QED) is 0.936. The number of rotatable bonds is 4. The summed E-state index contributed by atoms with van der Waals surface area (Å²) in [5.74, 6) is -1.99. The Morgan fingerprint density at radius 3 is 2.89 bits per heavy atom. The first kappa shape index (κ1) is 12.7. The zero-order chi connectivity index (χ0) is 13.1. The Bertz CT molecular complexity index is 590. The van der Waals surface area contributed by atoms with Crippen LogP contribution in [0.25, 0.3) is 0 Å². The normalized spacial score (nSPS) is 10.3. The Morgan fingerprint density at radius 1 is 1.56 bits per heavy atom. The minimum absolute atomic E-state index is 0.0428. The van der Waals surface area contributed by atoms with Crippen molar-refractivity contribution >= 4 is 29.1 Å². The van der Waals surface area contributed by atoms with Crippen LogP contribution in [0.5, 0.6) is 5.75 Å². The van der Waals surface area contributed by atoms with Crippen LogP contribution in [-0.2, 0) is 6.61 Å². The molecular formula is C10H6ClFN2O3S. The molecule has 0 saturated heterocycles. The monoisotopic (exact) mass is 288 g/mol. The van der Waals surface area contributed by atoms with Crippen LogP contribution in [0.2, 0.25) is 4.34 Å². The Hall–Kier alpha value is -1.73. The summed E-state index contributed by atoms with van der Waals surface area (Å²) in [5.41, 5.74) is 0.0418. The standard InChI is InChI=1S/C10H6ClFN2O3S/c11-9-8(13-14-18-9)4-17-5-1-2-6(10(15)16)7(12)3-5/h1-3H,4H2,(H,15,16). The molecule has 0 radical (unpaired) electrons. The van der Waals surface area contributed by atoms with Crippen LogP contribution >= 0.6 is 23.1 Å². The average Bonchev–Trinajstić information content (AvgIpc) is 2.72. The van der Waals surface area contributed by atoms with Crippen LogP contribution in [0.1, 0.15) is 16.1 Å². The van der Waals surface area contributed by atoms with Gasteiger partial charge in [-0.1, -0.05) is 16.1 Å². The second-order valence-corrected chi connectivity index (χ2v) is 4.59. The van der Waals surface area contributed by atoms with E-state index < -0.39 is 17.3 Å². The van der Waals surface area contributed by atoms with E-state index in [0.29, 0.717) is 10.0 Å². The molecule has 8 heteroatoms. The van der Waals surface area contributed by atoms with Crippen molar-refractivity contribution in [3.63, 3.8) is 0 Å². The lowest BCUT2D eigenvalue weighted by molar-refractivity contribution is 0.0692. The second kappa shape index (κ2) is 5.28. The van der Waals surface area contributed by atoms with E-state index in [1.807, 2.05) is 0 Å². The van der Waals surface area contributed by atoms with Crippen LogP contribution in [0.15, 0.2) is 18.2 Å². The van der Waals surface area contributed by atoms with Crippen molar-refractivity contribution in [1.82, 2.24) is 9.59 Å². The van der Waals surface area contributed by atoms with E-state index in [1.165, 1.54) is 6.07 Å². The molecule has 1 heterocycles. The molecule has 0 fully saturated rings. The van der Waals surface area contributed by atoms with Gasteiger partial charge in [-0.25, -0.2) is 9.18 Å². The van der Waals surface area contributed by atoms with Crippen LogP contribution < -0.4 is 4.74 Å². The Labute approximate surface area is 110 Å². The second-order valence-electron chi connectivity index (χ2n) is 3.23. The minimum Gasteiger partial charge on any atom is -0.487 e. The molecule has 94 valence electrons. The first-order chi connectivity index (χ1) is 8.58. The predicted molar refractivity (Wildman–Crippen MR) is 62.6 cm³/mol. The van der Waals surface area contributed by atoms with Gasteiger partial charge in [-0.05, 0) is 12.1 Å². The number of nitrogens with zero attached hydrogens (tertiary/aromatic N) is 2. The summed E-state index contributed by atoms with van der Waals surface area (Å²) < 4.78 is 22.6. The Balaban J connectivity index is 2.09. The van der Waals surface area contributed by atoms with E-state index in [2.05, 4.69) is 9.59 Å². The fourth-order valence-corrected chi connectivity index (χ4v) is 1.80. The summed E-state index contributed by atoms with van der Waals surface area (Å²) in [6, 6.07) is 3.49. The molecule has 0 saturated carbocycles. The Kier molecular flexibility index (Phi) is 3.73. The van der Waals surface area contributed by atoms with Gasteiger partial charge in [0.15, 0.2) is 0 Å². The highest BCUT2D eigenvalue weighted by atomic mass is 35.5. The SMILES string of the molecule is O=C(O)c1ccc(OCc2nnsc2Cl)cc1F. The molecule has 0 unspecified atom stereocenters. The molecule has 1 aromatic carbocycles. The summed E-state index contributed by atoms with van der Waals surface area (Å²) in [6.45, 7) is 0.0428. The first-order valence-electron chi connectivity index (χ1n) is 4.70. The van der Waals surface area contributed by atoms with Crippen molar-refractivity contribution in [2.45, 2.75) is 6.61 Å². The lowest BCUT2D eigenvalue weighted by Crippen LogP contribution is -2.02. The van der Waals surface area contributed by atoms with Gasteiger partial charge in [0.1, 0.15) is 28.2 Å². The van der Waals surface area contributed by atoms with Gasteiger partial charge < -0.3 is 9.84 Å². The fourth-order valence-electron chi connectivity index (χ4n) is 1.19. The molecule has 0 aliphatic carbocycles. The number of carboxylic acids is 1. The molecule has 0 amide bonds. The molecule has 0 atom stereocenters. The minimum atomic E-state index is -1.33. The van der Waals surface area contributed by atoms with Gasteiger partial charge in [0.2, 0.25) is 0 Å². The van der Waals surface area contributed by atoms with E-state index in [9.17, 15) is 9.18 Å². The van der Waals surface area contributed by atoms with E-state index in [4.69, 9.17) is 21.4 Å². The summed E-state index contributed by atoms with van der Waals surface area (Å²) in [4.78, 5) is 10.6. The predicted octanol–water partition coefficient (Wildman–Crippen LogP) is 2.61. The molecule has 0 aliphatic rings. The van der Waals surface area contributed by atoms with Crippen molar-refractivity contribution in [2.75, 3.05) is 0 Å². The van der Waals surface area contributed by atoms with Crippen LogP contribution in [0.4, 0.5) is 4.39 Å². The van der Waals surface area contributed by atoms with Crippen LogP contribution in [-0.4, -0.2) is 20.7 Å². The highest BCUT2D eigenvalue weighted by Gasteiger charge is 2.12. The van der Waals surface area contributed by atoms with E-state index in [0.717, 1.165) is 23.7 Å². The number of carbonyl (C=O) groups is 1. The number of benzene rings is 1. The largest absolute Gasteiger partial charge is 0.487 e. The van der Waals surface area contributed by atoms with Crippen molar-refractivity contribution in [3.8, 4) is 5.75 Å². The topological polar surface area (TPSA) is 72.3 Å². The lowest BCUT2D eigenvalue weighted by Gasteiger charge is -2.05. The first-order valence-corrected chi connectivity index (χ1v) is 5.85. The zero-order valence-electron chi connectivity index (χ0n) is 8.76. The number of carboxylic acid groups (broad SMARTS) is 1. The third kappa shape index (κ3) is 2.74. The maximum absolute atomic E-state index is 13.3. The number of halogens is 2. The van der Waals surface area contributed by atoms with Gasteiger partial charge in [-0.15, -0.1) is 5.10 Å². The van der Waals surface area contributed by atoms with E-state index in [-0.39, 0.29) is 12.4 Å². The molecule has 0 spiro atoms. The van der Waals surface area contributed by atoms with Gasteiger partial charge in [0.25, 0.3) is 0 Å². The third-order valence-electron chi connectivity index (χ3n) is 2.06. The van der Waals surface area contributed by atoms with Crippen LogP contribution in [0, 0.1) is 5.82 Å². The van der Waals surface area contributed by atoms with E-state index >= 15 is 0 Å². The van der Waals surface area contributed by atoms with Gasteiger partial charge in [-0.2, -0.15) is 0 Å². The highest BCUT2D eigenvalue weighted by molar-refractivity contribution is 7.10. The molecule has 1 aromatic heterocycles. The number of hydrogen-bond acceptors (Lipinski definition) is 5. The fraction of sp³-hybridized carbons (Fsp3) is 0.100.